The lowest BCUT2D eigenvalue weighted by atomic mass is 9.97. The van der Waals surface area contributed by atoms with Gasteiger partial charge in [0.1, 0.15) is 35.6 Å². The highest BCUT2D eigenvalue weighted by atomic mass is 16.5. The molecule has 4 aromatic rings. The first kappa shape index (κ1) is 29.3. The summed E-state index contributed by atoms with van der Waals surface area (Å²) in [7, 11) is 5.56. The van der Waals surface area contributed by atoms with E-state index in [1.165, 1.54) is 0 Å². The molecule has 1 amide bonds. The van der Waals surface area contributed by atoms with E-state index in [0.717, 1.165) is 53.2 Å². The molecule has 1 aromatic heterocycles. The number of benzene rings is 3. The second kappa shape index (κ2) is 12.7. The van der Waals surface area contributed by atoms with Gasteiger partial charge in [0.2, 0.25) is 5.91 Å². The molecule has 1 aliphatic carbocycles. The molecule has 0 radical (unpaired) electrons. The lowest BCUT2D eigenvalue weighted by molar-refractivity contribution is -0.116. The van der Waals surface area contributed by atoms with Crippen molar-refractivity contribution in [3.05, 3.63) is 83.9 Å². The Bertz CT molecular complexity index is 1660. The number of nitrogen functional groups attached to an aromatic ring is 1. The van der Waals surface area contributed by atoms with E-state index in [9.17, 15) is 10.1 Å². The van der Waals surface area contributed by atoms with Crippen LogP contribution in [0, 0.1) is 17.2 Å². The van der Waals surface area contributed by atoms with Gasteiger partial charge in [-0.3, -0.25) is 4.79 Å². The zero-order valence-corrected chi connectivity index (χ0v) is 24.7. The van der Waals surface area contributed by atoms with Crippen LogP contribution in [0.5, 0.6) is 11.5 Å². The summed E-state index contributed by atoms with van der Waals surface area (Å²) in [6, 6.07) is 25.4. The number of nitrogens with two attached hydrogens (primary N) is 2. The van der Waals surface area contributed by atoms with Crippen molar-refractivity contribution in [3.63, 3.8) is 0 Å². The second-order valence-electron chi connectivity index (χ2n) is 10.9. The summed E-state index contributed by atoms with van der Waals surface area (Å²) in [5.41, 5.74) is 17.9. The standard InChI is InChI=1S/C34H36N6O3/c1-39(2)30-15-12-24(16-31(30)40(20-33(36)41)19-22-8-9-22)27-17-29(38-34(37)28(27)18-35)26-6-4-5-7-32(26)43-21-23-10-13-25(42-3)14-11-23/h4-7,10-17,22H,8-9,19-21H2,1-3H3,(H2,36,41)(H2,37,38). The Morgan fingerprint density at radius 2 is 1.77 bits per heavy atom. The number of anilines is 3. The lowest BCUT2D eigenvalue weighted by Crippen LogP contribution is -2.36. The van der Waals surface area contributed by atoms with Crippen LogP contribution >= 0.6 is 0 Å². The minimum atomic E-state index is -0.393. The minimum Gasteiger partial charge on any atom is -0.497 e. The van der Waals surface area contributed by atoms with Gasteiger partial charge in [0, 0.05) is 31.8 Å². The van der Waals surface area contributed by atoms with E-state index in [1.54, 1.807) is 7.11 Å². The number of primary amides is 1. The highest BCUT2D eigenvalue weighted by Crippen LogP contribution is 2.40. The number of hydrogen-bond acceptors (Lipinski definition) is 8. The minimum absolute atomic E-state index is 0.106. The maximum atomic E-state index is 12.1. The van der Waals surface area contributed by atoms with E-state index in [-0.39, 0.29) is 17.9 Å². The normalized spacial score (nSPS) is 12.3. The summed E-state index contributed by atoms with van der Waals surface area (Å²) in [6.07, 6.45) is 2.27. The van der Waals surface area contributed by atoms with E-state index in [1.807, 2.05) is 96.7 Å². The quantitative estimate of drug-likeness (QED) is 0.235. The molecule has 0 unspecified atom stereocenters. The molecule has 0 aliphatic heterocycles. The smallest absolute Gasteiger partial charge is 0.236 e. The van der Waals surface area contributed by atoms with Crippen molar-refractivity contribution < 1.29 is 14.3 Å². The summed E-state index contributed by atoms with van der Waals surface area (Å²) in [5, 5.41) is 10.1. The van der Waals surface area contributed by atoms with Gasteiger partial charge >= 0.3 is 0 Å². The van der Waals surface area contributed by atoms with Gasteiger partial charge in [-0.1, -0.05) is 30.3 Å². The summed E-state index contributed by atoms with van der Waals surface area (Å²) >= 11 is 0. The van der Waals surface area contributed by atoms with Gasteiger partial charge < -0.3 is 30.7 Å². The van der Waals surface area contributed by atoms with Gasteiger partial charge in [0.15, 0.2) is 0 Å². The van der Waals surface area contributed by atoms with E-state index >= 15 is 0 Å². The van der Waals surface area contributed by atoms with E-state index in [4.69, 9.17) is 20.9 Å². The SMILES string of the molecule is COc1ccc(COc2ccccc2-c2cc(-c3ccc(N(C)C)c(N(CC(N)=O)CC4CC4)c3)c(C#N)c(N)n2)cc1. The molecular weight excluding hydrogens is 540 g/mol. The number of hydrogen-bond donors (Lipinski definition) is 2. The van der Waals surface area contributed by atoms with Crippen molar-refractivity contribution in [2.75, 3.05) is 49.8 Å². The van der Waals surface area contributed by atoms with Crippen molar-refractivity contribution in [1.29, 1.82) is 5.26 Å². The van der Waals surface area contributed by atoms with Gasteiger partial charge in [0.25, 0.3) is 0 Å². The molecule has 9 heteroatoms. The first-order valence-corrected chi connectivity index (χ1v) is 14.2. The lowest BCUT2D eigenvalue weighted by Gasteiger charge is -2.29. The Morgan fingerprint density at radius 3 is 2.42 bits per heavy atom. The average molecular weight is 577 g/mol. The van der Waals surface area contributed by atoms with Crippen LogP contribution < -0.4 is 30.7 Å². The molecule has 0 bridgehead atoms. The number of carbonyl (C=O) groups excluding carboxylic acids is 1. The molecule has 0 saturated heterocycles. The van der Waals surface area contributed by atoms with Crippen LogP contribution in [0.4, 0.5) is 17.2 Å². The van der Waals surface area contributed by atoms with Crippen molar-refractivity contribution in [1.82, 2.24) is 4.98 Å². The van der Waals surface area contributed by atoms with Gasteiger partial charge in [-0.25, -0.2) is 4.98 Å². The third kappa shape index (κ3) is 6.81. The second-order valence-corrected chi connectivity index (χ2v) is 10.9. The summed E-state index contributed by atoms with van der Waals surface area (Å²) in [6.45, 7) is 1.20. The summed E-state index contributed by atoms with van der Waals surface area (Å²) in [5.74, 6) is 1.69. The van der Waals surface area contributed by atoms with Gasteiger partial charge in [-0.2, -0.15) is 5.26 Å². The highest BCUT2D eigenvalue weighted by Gasteiger charge is 2.27. The van der Waals surface area contributed by atoms with Crippen LogP contribution in [-0.4, -0.2) is 45.2 Å². The molecule has 0 atom stereocenters. The molecule has 220 valence electrons. The molecule has 1 heterocycles. The number of ether oxygens (including phenoxy) is 2. The summed E-state index contributed by atoms with van der Waals surface area (Å²) < 4.78 is 11.5. The zero-order valence-electron chi connectivity index (χ0n) is 24.7. The highest BCUT2D eigenvalue weighted by molar-refractivity contribution is 5.87. The molecule has 1 saturated carbocycles. The number of rotatable bonds is 12. The Balaban J connectivity index is 1.55. The number of pyridine rings is 1. The Hall–Kier alpha value is -5.23. The number of nitriles is 1. The van der Waals surface area contributed by atoms with Crippen LogP contribution in [0.1, 0.15) is 24.0 Å². The van der Waals surface area contributed by atoms with Gasteiger partial charge in [0.05, 0.1) is 30.7 Å². The third-order valence-electron chi connectivity index (χ3n) is 7.51. The number of amides is 1. The molecule has 1 fully saturated rings. The van der Waals surface area contributed by atoms with Crippen molar-refractivity contribution in [2.24, 2.45) is 11.7 Å². The average Bonchev–Trinajstić information content (AvgIpc) is 3.83. The van der Waals surface area contributed by atoms with Crippen molar-refractivity contribution in [3.8, 4) is 40.0 Å². The van der Waals surface area contributed by atoms with Gasteiger partial charge in [-0.15, -0.1) is 0 Å². The monoisotopic (exact) mass is 576 g/mol. The first-order valence-electron chi connectivity index (χ1n) is 14.2. The van der Waals surface area contributed by atoms with E-state index < -0.39 is 5.91 Å². The van der Waals surface area contributed by atoms with Crippen molar-refractivity contribution >= 4 is 23.1 Å². The number of methoxy groups -OCH3 is 1. The molecule has 1 aliphatic rings. The molecule has 0 spiro atoms. The fourth-order valence-electron chi connectivity index (χ4n) is 5.11. The van der Waals surface area contributed by atoms with Crippen LogP contribution in [0.3, 0.4) is 0 Å². The maximum Gasteiger partial charge on any atom is 0.236 e. The zero-order chi connectivity index (χ0) is 30.5. The fraction of sp³-hybridized carbons (Fsp3) is 0.265. The predicted molar refractivity (Wildman–Crippen MR) is 170 cm³/mol. The molecule has 3 aromatic carbocycles. The van der Waals surface area contributed by atoms with Crippen molar-refractivity contribution in [2.45, 2.75) is 19.4 Å². The Labute approximate surface area is 252 Å². The summed E-state index contributed by atoms with van der Waals surface area (Å²) in [4.78, 5) is 20.7. The largest absolute Gasteiger partial charge is 0.497 e. The topological polar surface area (TPSA) is 131 Å². The molecule has 4 N–H and O–H groups in total. The predicted octanol–water partition coefficient (Wildman–Crippen LogP) is 5.22. The van der Waals surface area contributed by atoms with E-state index in [0.29, 0.717) is 29.5 Å². The number of nitrogens with zero attached hydrogens (tertiary/aromatic N) is 4. The first-order chi connectivity index (χ1) is 20.8. The van der Waals surface area contributed by atoms with E-state index in [2.05, 4.69) is 11.1 Å². The Kier molecular flexibility index (Phi) is 8.67. The molecule has 9 nitrogen and oxygen atoms in total. The third-order valence-corrected chi connectivity index (χ3v) is 7.51. The van der Waals surface area contributed by atoms with Gasteiger partial charge in [-0.05, 0) is 72.4 Å². The maximum absolute atomic E-state index is 12.1. The molecule has 43 heavy (non-hydrogen) atoms. The molecular formula is C34H36N6O3. The van der Waals surface area contributed by atoms with Crippen LogP contribution in [-0.2, 0) is 11.4 Å². The fourth-order valence-corrected chi connectivity index (χ4v) is 5.11. The number of carbonyl (C=O) groups is 1. The van der Waals surface area contributed by atoms with Crippen LogP contribution in [0.15, 0.2) is 72.8 Å². The Morgan fingerprint density at radius 1 is 1.02 bits per heavy atom. The number of aromatic nitrogens is 1. The number of para-hydroxylation sites is 1. The van der Waals surface area contributed by atoms with Crippen LogP contribution in [0.2, 0.25) is 0 Å². The molecule has 5 rings (SSSR count). The van der Waals surface area contributed by atoms with Crippen LogP contribution in [0.25, 0.3) is 22.4 Å².